The Morgan fingerprint density at radius 2 is 1.69 bits per heavy atom. The summed E-state index contributed by atoms with van der Waals surface area (Å²) in [5.74, 6) is 1.58. The molecule has 5 rings (SSSR count). The van der Waals surface area contributed by atoms with Crippen LogP contribution in [0.1, 0.15) is 106 Å². The average Bonchev–Trinajstić information content (AvgIpc) is 3.13. The maximum absolute atomic E-state index is 13.5. The molecule has 0 aromatic heterocycles. The van der Waals surface area contributed by atoms with Crippen molar-refractivity contribution in [2.75, 3.05) is 6.54 Å². The molecule has 0 aliphatic heterocycles. The van der Waals surface area contributed by atoms with Crippen LogP contribution in [0.5, 0.6) is 0 Å². The third kappa shape index (κ3) is 4.06. The number of ether oxygens (including phenoxy) is 1. The van der Waals surface area contributed by atoms with Crippen LogP contribution in [0.2, 0.25) is 0 Å². The molecule has 7 heteroatoms. The molecule has 218 valence electrons. The highest BCUT2D eigenvalue weighted by Gasteiger charge is 2.67. The quantitative estimate of drug-likeness (QED) is 0.253. The number of carbonyl (C=O) groups excluding carboxylic acids is 2. The molecule has 9 atom stereocenters. The Bertz CT molecular complexity index is 1090. The van der Waals surface area contributed by atoms with E-state index in [1.165, 1.54) is 6.92 Å². The summed E-state index contributed by atoms with van der Waals surface area (Å²) in [6.07, 6.45) is 6.83. The molecular weight excluding hydrogens is 494 g/mol. The van der Waals surface area contributed by atoms with Gasteiger partial charge >= 0.3 is 5.97 Å². The lowest BCUT2D eigenvalue weighted by molar-refractivity contribution is -0.494. The summed E-state index contributed by atoms with van der Waals surface area (Å²) in [4.78, 5) is 36.4. The number of fused-ring (bicyclic) bond motifs is 7. The second-order valence-corrected chi connectivity index (χ2v) is 15.2. The van der Waals surface area contributed by atoms with Crippen molar-refractivity contribution in [1.29, 1.82) is 0 Å². The minimum absolute atomic E-state index is 0.0459. The number of hydrogen-bond donors (Lipinski definition) is 1. The standard InChI is InChI=1S/C32H49NO6/c1-18(2)27-22(35)16-32(25(36)17-33(37)38)15-10-21-20(28(27)32)8-9-24-30(21,6)13-11-23-29(4,5)26(39-19(3)34)12-14-31(23,24)7/h18,20-21,23-26,36H,8-17H2,1-7H3. The molecule has 0 spiro atoms. The molecule has 9 unspecified atom stereocenters. The van der Waals surface area contributed by atoms with Gasteiger partial charge in [-0.3, -0.25) is 19.7 Å². The van der Waals surface area contributed by atoms with Crippen LogP contribution < -0.4 is 0 Å². The lowest BCUT2D eigenvalue weighted by atomic mass is 9.36. The second kappa shape index (κ2) is 9.39. The summed E-state index contributed by atoms with van der Waals surface area (Å²) in [5, 5.41) is 22.8. The van der Waals surface area contributed by atoms with Gasteiger partial charge in [-0.25, -0.2) is 0 Å². The fourth-order valence-corrected chi connectivity index (χ4v) is 11.5. The van der Waals surface area contributed by atoms with Crippen molar-refractivity contribution < 1.29 is 24.4 Å². The van der Waals surface area contributed by atoms with Gasteiger partial charge in [0.1, 0.15) is 12.2 Å². The van der Waals surface area contributed by atoms with Gasteiger partial charge in [0.2, 0.25) is 6.54 Å². The fourth-order valence-electron chi connectivity index (χ4n) is 11.5. The van der Waals surface area contributed by atoms with Gasteiger partial charge in [-0.1, -0.05) is 47.1 Å². The van der Waals surface area contributed by atoms with Gasteiger partial charge in [0, 0.05) is 29.1 Å². The third-order valence-electron chi connectivity index (χ3n) is 12.9. The first-order valence-corrected chi connectivity index (χ1v) is 15.3. The van der Waals surface area contributed by atoms with E-state index in [1.807, 2.05) is 0 Å². The highest BCUT2D eigenvalue weighted by Crippen LogP contribution is 2.73. The molecule has 7 nitrogen and oxygen atoms in total. The van der Waals surface area contributed by atoms with Crippen LogP contribution in [-0.2, 0) is 14.3 Å². The lowest BCUT2D eigenvalue weighted by Gasteiger charge is -2.69. The summed E-state index contributed by atoms with van der Waals surface area (Å²) in [6.45, 7) is 14.7. The largest absolute Gasteiger partial charge is 0.462 e. The number of aliphatic hydroxyl groups excluding tert-OH is 1. The minimum atomic E-state index is -1.13. The number of nitrogens with zero attached hydrogens (tertiary/aromatic N) is 1. The summed E-state index contributed by atoms with van der Waals surface area (Å²) >= 11 is 0. The zero-order valence-electron chi connectivity index (χ0n) is 25.0. The smallest absolute Gasteiger partial charge is 0.302 e. The zero-order valence-corrected chi connectivity index (χ0v) is 25.0. The molecule has 1 N–H and O–H groups in total. The minimum Gasteiger partial charge on any atom is -0.462 e. The maximum atomic E-state index is 13.5. The van der Waals surface area contributed by atoms with E-state index in [9.17, 15) is 24.8 Å². The number of hydrogen-bond acceptors (Lipinski definition) is 6. The van der Waals surface area contributed by atoms with Gasteiger partial charge < -0.3 is 9.84 Å². The number of carbonyl (C=O) groups is 2. The first-order valence-electron chi connectivity index (χ1n) is 15.3. The topological polar surface area (TPSA) is 107 Å². The van der Waals surface area contributed by atoms with E-state index in [0.29, 0.717) is 24.2 Å². The van der Waals surface area contributed by atoms with Gasteiger partial charge in [-0.05, 0) is 97.4 Å². The van der Waals surface area contributed by atoms with Crippen molar-refractivity contribution in [2.24, 2.45) is 51.2 Å². The van der Waals surface area contributed by atoms with E-state index >= 15 is 0 Å². The Morgan fingerprint density at radius 3 is 2.31 bits per heavy atom. The van der Waals surface area contributed by atoms with Gasteiger partial charge in [0.15, 0.2) is 5.78 Å². The van der Waals surface area contributed by atoms with Gasteiger partial charge in [-0.15, -0.1) is 0 Å². The van der Waals surface area contributed by atoms with Crippen molar-refractivity contribution in [3.8, 4) is 0 Å². The molecule has 0 aromatic rings. The summed E-state index contributed by atoms with van der Waals surface area (Å²) < 4.78 is 5.85. The SMILES string of the molecule is CC(=O)OC1CCC2(C)C(CCC3(C)C4CCC5(C(O)C[N+](=O)[O-])CC(=O)C(C(C)C)=C5C4CCC32)C1(C)C. The number of allylic oxidation sites excluding steroid dienone is 1. The van der Waals surface area contributed by atoms with E-state index in [-0.39, 0.29) is 52.4 Å². The maximum Gasteiger partial charge on any atom is 0.302 e. The van der Waals surface area contributed by atoms with Crippen molar-refractivity contribution in [3.05, 3.63) is 21.3 Å². The normalized spacial score (nSPS) is 43.7. The van der Waals surface area contributed by atoms with Crippen LogP contribution in [0, 0.1) is 61.4 Å². The Kier molecular flexibility index (Phi) is 6.92. The monoisotopic (exact) mass is 543 g/mol. The number of ketones is 1. The number of esters is 1. The summed E-state index contributed by atoms with van der Waals surface area (Å²) in [6, 6.07) is 0. The first-order chi connectivity index (χ1) is 18.1. The molecule has 0 bridgehead atoms. The summed E-state index contributed by atoms with van der Waals surface area (Å²) in [7, 11) is 0. The van der Waals surface area contributed by atoms with Crippen molar-refractivity contribution >= 4 is 11.8 Å². The van der Waals surface area contributed by atoms with E-state index in [0.717, 1.165) is 56.1 Å². The molecule has 5 aliphatic rings. The van der Waals surface area contributed by atoms with Crippen LogP contribution in [0.25, 0.3) is 0 Å². The number of aliphatic hydroxyl groups is 1. The van der Waals surface area contributed by atoms with Gasteiger partial charge in [0.25, 0.3) is 0 Å². The van der Waals surface area contributed by atoms with Crippen LogP contribution >= 0.6 is 0 Å². The highest BCUT2D eigenvalue weighted by molar-refractivity contribution is 6.00. The Balaban J connectivity index is 1.52. The van der Waals surface area contributed by atoms with E-state index in [4.69, 9.17) is 4.74 Å². The molecule has 0 heterocycles. The summed E-state index contributed by atoms with van der Waals surface area (Å²) in [5.41, 5.74) is 1.35. The third-order valence-corrected chi connectivity index (χ3v) is 12.9. The van der Waals surface area contributed by atoms with Crippen molar-refractivity contribution in [1.82, 2.24) is 0 Å². The number of Topliss-reactive ketones (excluding diaryl/α,β-unsaturated/α-hetero) is 1. The molecule has 39 heavy (non-hydrogen) atoms. The molecule has 4 fully saturated rings. The lowest BCUT2D eigenvalue weighted by Crippen LogP contribution is -2.63. The predicted molar refractivity (Wildman–Crippen MR) is 148 cm³/mol. The molecule has 4 saturated carbocycles. The molecule has 0 saturated heterocycles. The van der Waals surface area contributed by atoms with Crippen LogP contribution in [0.15, 0.2) is 11.1 Å². The first kappa shape index (κ1) is 28.8. The Morgan fingerprint density at radius 1 is 1.03 bits per heavy atom. The Labute approximate surface area is 233 Å². The van der Waals surface area contributed by atoms with Crippen molar-refractivity contribution in [3.63, 3.8) is 0 Å². The molecule has 0 radical (unpaired) electrons. The van der Waals surface area contributed by atoms with Crippen LogP contribution in [-0.4, -0.2) is 40.5 Å². The predicted octanol–water partition coefficient (Wildman–Crippen LogP) is 6.15. The molecule has 0 amide bonds. The second-order valence-electron chi connectivity index (χ2n) is 15.2. The zero-order chi connectivity index (χ0) is 28.7. The molecular formula is C32H49NO6. The van der Waals surface area contributed by atoms with E-state index in [1.54, 1.807) is 0 Å². The van der Waals surface area contributed by atoms with Crippen molar-refractivity contribution in [2.45, 2.75) is 118 Å². The highest BCUT2D eigenvalue weighted by atomic mass is 16.6. The fraction of sp³-hybridized carbons (Fsp3) is 0.875. The average molecular weight is 544 g/mol. The van der Waals surface area contributed by atoms with Gasteiger partial charge in [0.05, 0.1) is 0 Å². The Hall–Kier alpha value is -1.76. The van der Waals surface area contributed by atoms with E-state index in [2.05, 4.69) is 41.5 Å². The number of nitro groups is 1. The van der Waals surface area contributed by atoms with Crippen LogP contribution in [0.3, 0.4) is 0 Å². The van der Waals surface area contributed by atoms with E-state index < -0.39 is 23.0 Å². The number of rotatable bonds is 5. The van der Waals surface area contributed by atoms with Gasteiger partial charge in [-0.2, -0.15) is 0 Å². The molecule has 5 aliphatic carbocycles. The molecule has 0 aromatic carbocycles. The van der Waals surface area contributed by atoms with Crippen LogP contribution in [0.4, 0.5) is 0 Å².